The largest absolute Gasteiger partial charge is 0.370 e. The van der Waals surface area contributed by atoms with Crippen LogP contribution in [0.25, 0.3) is 0 Å². The van der Waals surface area contributed by atoms with E-state index in [0.717, 1.165) is 43.8 Å². The van der Waals surface area contributed by atoms with Gasteiger partial charge in [0.15, 0.2) is 0 Å². The molecule has 28 heavy (non-hydrogen) atoms. The van der Waals surface area contributed by atoms with Gasteiger partial charge in [0.05, 0.1) is 32.9 Å². The third-order valence-corrected chi connectivity index (χ3v) is 4.87. The van der Waals surface area contributed by atoms with Crippen LogP contribution in [-0.4, -0.2) is 28.8 Å². The zero-order chi connectivity index (χ0) is 20.3. The van der Waals surface area contributed by atoms with Gasteiger partial charge in [0.2, 0.25) is 0 Å². The van der Waals surface area contributed by atoms with Crippen molar-refractivity contribution in [3.63, 3.8) is 0 Å². The molecule has 0 aliphatic carbocycles. The van der Waals surface area contributed by atoms with Gasteiger partial charge in [-0.2, -0.15) is 0 Å². The molecule has 2 aromatic rings. The summed E-state index contributed by atoms with van der Waals surface area (Å²) in [6.45, 7) is 3.18. The molecule has 9 heteroatoms. The van der Waals surface area contributed by atoms with Gasteiger partial charge < -0.3 is 10.2 Å². The van der Waals surface area contributed by atoms with Crippen LogP contribution in [0.5, 0.6) is 0 Å². The molecule has 1 saturated heterocycles. The number of nitrogens with one attached hydrogen (secondary N) is 1. The lowest BCUT2D eigenvalue weighted by Gasteiger charge is -2.30. The van der Waals surface area contributed by atoms with E-state index >= 15 is 0 Å². The first kappa shape index (κ1) is 19.3. The van der Waals surface area contributed by atoms with E-state index in [1.807, 2.05) is 12.1 Å². The van der Waals surface area contributed by atoms with Crippen molar-refractivity contribution >= 4 is 28.7 Å². The van der Waals surface area contributed by atoms with Gasteiger partial charge >= 0.3 is 0 Å². The number of carbonyl (C=O) groups excluding carboxylic acids is 1. The van der Waals surface area contributed by atoms with E-state index in [9.17, 15) is 25.0 Å². The molecule has 9 nitrogen and oxygen atoms in total. The Bertz CT molecular complexity index is 938. The second-order valence-electron chi connectivity index (χ2n) is 6.67. The molecule has 1 heterocycles. The third kappa shape index (κ3) is 3.93. The minimum Gasteiger partial charge on any atom is -0.370 e. The number of para-hydroxylation sites is 2. The molecule has 0 aromatic heterocycles. The van der Waals surface area contributed by atoms with E-state index in [1.165, 1.54) is 13.3 Å². The number of non-ortho nitro benzene ring substituents is 1. The third-order valence-electron chi connectivity index (χ3n) is 4.87. The first-order valence-corrected chi connectivity index (χ1v) is 8.97. The number of nitro groups is 2. The second kappa shape index (κ2) is 8.03. The van der Waals surface area contributed by atoms with Gasteiger partial charge in [0.25, 0.3) is 17.3 Å². The number of amides is 1. The van der Waals surface area contributed by atoms with Gasteiger partial charge in [0.1, 0.15) is 0 Å². The highest BCUT2D eigenvalue weighted by atomic mass is 16.6. The standard InChI is InChI=1S/C19H20N4O5/c1-13-15(11-14(22(25)26)12-18(13)23(27)28)19(24)20-16-7-3-4-8-17(16)21-9-5-2-6-10-21/h3-4,7-8,11-12H,2,5-6,9-10H2,1H3,(H,20,24). The second-order valence-corrected chi connectivity index (χ2v) is 6.67. The topological polar surface area (TPSA) is 119 Å². The fourth-order valence-electron chi connectivity index (χ4n) is 3.39. The molecule has 2 aromatic carbocycles. The van der Waals surface area contributed by atoms with Gasteiger partial charge in [-0.1, -0.05) is 12.1 Å². The summed E-state index contributed by atoms with van der Waals surface area (Å²) in [4.78, 5) is 35.9. The number of nitro benzene ring substituents is 2. The Morgan fingerprint density at radius 3 is 2.36 bits per heavy atom. The number of piperidine rings is 1. The Kier molecular flexibility index (Phi) is 5.53. The van der Waals surface area contributed by atoms with Gasteiger partial charge in [-0.3, -0.25) is 25.0 Å². The summed E-state index contributed by atoms with van der Waals surface area (Å²) in [5.41, 5.74) is 0.490. The zero-order valence-corrected chi connectivity index (χ0v) is 15.4. The lowest BCUT2D eigenvalue weighted by Crippen LogP contribution is -2.30. The van der Waals surface area contributed by atoms with Crippen molar-refractivity contribution in [2.45, 2.75) is 26.2 Å². The van der Waals surface area contributed by atoms with Crippen LogP contribution >= 0.6 is 0 Å². The molecule has 0 bridgehead atoms. The van der Waals surface area contributed by atoms with Crippen LogP contribution < -0.4 is 10.2 Å². The number of hydrogen-bond acceptors (Lipinski definition) is 6. The highest BCUT2D eigenvalue weighted by Gasteiger charge is 2.25. The van der Waals surface area contributed by atoms with Crippen LogP contribution in [0.2, 0.25) is 0 Å². The van der Waals surface area contributed by atoms with Gasteiger partial charge in [-0.05, 0) is 38.3 Å². The highest BCUT2D eigenvalue weighted by molar-refractivity contribution is 6.07. The average molecular weight is 384 g/mol. The zero-order valence-electron chi connectivity index (χ0n) is 15.4. The van der Waals surface area contributed by atoms with Crippen molar-refractivity contribution in [3.8, 4) is 0 Å². The van der Waals surface area contributed by atoms with Crippen molar-refractivity contribution < 1.29 is 14.6 Å². The summed E-state index contributed by atoms with van der Waals surface area (Å²) < 4.78 is 0. The lowest BCUT2D eigenvalue weighted by atomic mass is 10.0. The highest BCUT2D eigenvalue weighted by Crippen LogP contribution is 2.31. The van der Waals surface area contributed by atoms with Crippen LogP contribution in [0.15, 0.2) is 36.4 Å². The molecule has 0 saturated carbocycles. The fourth-order valence-corrected chi connectivity index (χ4v) is 3.39. The van der Waals surface area contributed by atoms with E-state index in [0.29, 0.717) is 5.69 Å². The summed E-state index contributed by atoms with van der Waals surface area (Å²) in [5, 5.41) is 25.1. The summed E-state index contributed by atoms with van der Waals surface area (Å²) in [6.07, 6.45) is 3.30. The fraction of sp³-hybridized carbons (Fsp3) is 0.316. The van der Waals surface area contributed by atoms with Crippen molar-refractivity contribution in [2.24, 2.45) is 0 Å². The maximum atomic E-state index is 12.8. The molecule has 1 aliphatic heterocycles. The monoisotopic (exact) mass is 384 g/mol. The minimum atomic E-state index is -0.745. The van der Waals surface area contributed by atoms with Gasteiger partial charge in [-0.25, -0.2) is 0 Å². The van der Waals surface area contributed by atoms with Crippen molar-refractivity contribution in [1.82, 2.24) is 0 Å². The number of hydrogen-bond donors (Lipinski definition) is 1. The molecule has 1 amide bonds. The van der Waals surface area contributed by atoms with E-state index in [1.54, 1.807) is 12.1 Å². The van der Waals surface area contributed by atoms with Crippen molar-refractivity contribution in [1.29, 1.82) is 0 Å². The Hall–Kier alpha value is -3.49. The Morgan fingerprint density at radius 1 is 1.04 bits per heavy atom. The molecule has 0 unspecified atom stereocenters. The molecule has 1 fully saturated rings. The number of rotatable bonds is 5. The van der Waals surface area contributed by atoms with Gasteiger partial charge in [0, 0.05) is 24.7 Å². The SMILES string of the molecule is Cc1c(C(=O)Nc2ccccc2N2CCCCC2)cc([N+](=O)[O-])cc1[N+](=O)[O-]. The number of nitrogens with zero attached hydrogens (tertiary/aromatic N) is 3. The van der Waals surface area contributed by atoms with Crippen molar-refractivity contribution in [3.05, 3.63) is 67.8 Å². The summed E-state index contributed by atoms with van der Waals surface area (Å²) in [7, 11) is 0. The summed E-state index contributed by atoms with van der Waals surface area (Å²) in [6, 6.07) is 9.26. The van der Waals surface area contributed by atoms with E-state index in [4.69, 9.17) is 0 Å². The number of carbonyl (C=O) groups is 1. The lowest BCUT2D eigenvalue weighted by molar-refractivity contribution is -0.394. The molecule has 1 aliphatic rings. The van der Waals surface area contributed by atoms with E-state index in [-0.39, 0.29) is 11.1 Å². The van der Waals surface area contributed by atoms with Crippen molar-refractivity contribution in [2.75, 3.05) is 23.3 Å². The first-order valence-electron chi connectivity index (χ1n) is 8.97. The molecule has 1 N–H and O–H groups in total. The Labute approximate surface area is 161 Å². The number of anilines is 2. The maximum absolute atomic E-state index is 12.8. The Morgan fingerprint density at radius 2 is 1.71 bits per heavy atom. The van der Waals surface area contributed by atoms with E-state index in [2.05, 4.69) is 10.2 Å². The normalized spacial score (nSPS) is 13.8. The van der Waals surface area contributed by atoms with Crippen LogP contribution in [0, 0.1) is 27.2 Å². The molecule has 0 spiro atoms. The molecular weight excluding hydrogens is 364 g/mol. The minimum absolute atomic E-state index is 0.0866. The molecule has 3 rings (SSSR count). The van der Waals surface area contributed by atoms with Crippen LogP contribution in [0.3, 0.4) is 0 Å². The number of benzene rings is 2. The predicted molar refractivity (Wildman–Crippen MR) is 105 cm³/mol. The summed E-state index contributed by atoms with van der Waals surface area (Å²) in [5.74, 6) is -0.617. The smallest absolute Gasteiger partial charge is 0.279 e. The quantitative estimate of drug-likeness (QED) is 0.613. The van der Waals surface area contributed by atoms with Crippen LogP contribution in [-0.2, 0) is 0 Å². The van der Waals surface area contributed by atoms with Gasteiger partial charge in [-0.15, -0.1) is 0 Å². The summed E-state index contributed by atoms with van der Waals surface area (Å²) >= 11 is 0. The molecular formula is C19H20N4O5. The average Bonchev–Trinajstić information content (AvgIpc) is 2.68. The van der Waals surface area contributed by atoms with Crippen LogP contribution in [0.1, 0.15) is 35.2 Å². The molecule has 146 valence electrons. The maximum Gasteiger partial charge on any atom is 0.279 e. The predicted octanol–water partition coefficient (Wildman–Crippen LogP) is 4.05. The molecule has 0 radical (unpaired) electrons. The Balaban J connectivity index is 1.96. The van der Waals surface area contributed by atoms with Crippen LogP contribution in [0.4, 0.5) is 22.7 Å². The first-order chi connectivity index (χ1) is 13.4. The van der Waals surface area contributed by atoms with E-state index < -0.39 is 27.1 Å². The molecule has 0 atom stereocenters.